The minimum absolute atomic E-state index is 0.00180. The topological polar surface area (TPSA) is 88.7 Å². The summed E-state index contributed by atoms with van der Waals surface area (Å²) >= 11 is 5.56. The van der Waals surface area contributed by atoms with E-state index in [-0.39, 0.29) is 16.7 Å². The van der Waals surface area contributed by atoms with Crippen molar-refractivity contribution in [3.8, 4) is 6.07 Å². The second kappa shape index (κ2) is 11.8. The quantitative estimate of drug-likeness (QED) is 0.340. The summed E-state index contributed by atoms with van der Waals surface area (Å²) in [5.41, 5.74) is -1.21. The Labute approximate surface area is 243 Å². The molecule has 2 aromatic rings. The van der Waals surface area contributed by atoms with Crippen LogP contribution < -0.4 is 4.90 Å². The molecule has 4 rings (SSSR count). The number of aromatic nitrogens is 2. The van der Waals surface area contributed by atoms with Gasteiger partial charge in [-0.1, -0.05) is 6.42 Å². The second-order valence-corrected chi connectivity index (χ2v) is 11.3. The van der Waals surface area contributed by atoms with Crippen molar-refractivity contribution in [1.82, 2.24) is 24.5 Å². The normalized spacial score (nSPS) is 17.9. The lowest BCUT2D eigenvalue weighted by Crippen LogP contribution is -2.49. The molecule has 0 bridgehead atoms. The first-order valence-electron chi connectivity index (χ1n) is 13.6. The molecule has 3 heterocycles. The molecule has 1 aromatic heterocycles. The van der Waals surface area contributed by atoms with E-state index >= 15 is 0 Å². The van der Waals surface area contributed by atoms with Gasteiger partial charge in [-0.3, -0.25) is 24.1 Å². The fraction of sp³-hybridized carbons (Fsp3) is 0.536. The van der Waals surface area contributed by atoms with Crippen LogP contribution in [0.25, 0.3) is 0 Å². The molecule has 41 heavy (non-hydrogen) atoms. The van der Waals surface area contributed by atoms with Gasteiger partial charge in [0.1, 0.15) is 11.2 Å². The summed E-state index contributed by atoms with van der Waals surface area (Å²) < 4.78 is 42.2. The summed E-state index contributed by atoms with van der Waals surface area (Å²) in [6, 6.07) is 6.57. The Morgan fingerprint density at radius 1 is 1.10 bits per heavy atom. The van der Waals surface area contributed by atoms with E-state index < -0.39 is 28.7 Å². The maximum atomic E-state index is 13.5. The summed E-state index contributed by atoms with van der Waals surface area (Å²) in [6.45, 7) is 9.56. The Morgan fingerprint density at radius 3 is 2.34 bits per heavy atom. The molecule has 2 fully saturated rings. The molecule has 0 aliphatic carbocycles. The number of carbonyl (C=O) groups excluding carboxylic acids is 2. The number of benzene rings is 1. The van der Waals surface area contributed by atoms with Crippen LogP contribution in [0.5, 0.6) is 0 Å². The van der Waals surface area contributed by atoms with Gasteiger partial charge in [-0.05, 0) is 76.6 Å². The monoisotopic (exact) mass is 589 g/mol. The average Bonchev–Trinajstić information content (AvgIpc) is 3.34. The van der Waals surface area contributed by atoms with Gasteiger partial charge >= 0.3 is 6.18 Å². The summed E-state index contributed by atoms with van der Waals surface area (Å²) in [4.78, 5) is 33.2. The van der Waals surface area contributed by atoms with Crippen LogP contribution in [0, 0.1) is 18.3 Å². The Balaban J connectivity index is 1.27. The number of halogens is 3. The predicted molar refractivity (Wildman–Crippen MR) is 151 cm³/mol. The van der Waals surface area contributed by atoms with Crippen molar-refractivity contribution in [2.75, 3.05) is 44.2 Å². The molecule has 0 N–H and O–H groups in total. The molecule has 0 saturated carbocycles. The van der Waals surface area contributed by atoms with E-state index in [4.69, 9.17) is 17.5 Å². The molecular formula is C28H34F3N7O2S. The molecule has 0 spiro atoms. The third-order valence-corrected chi connectivity index (χ3v) is 8.15. The number of aryl methyl sites for hydroxylation is 2. The van der Waals surface area contributed by atoms with Gasteiger partial charge in [0.15, 0.2) is 5.11 Å². The number of nitrogens with zero attached hydrogens (tertiary/aromatic N) is 7. The van der Waals surface area contributed by atoms with E-state index in [0.29, 0.717) is 25.3 Å². The number of alkyl halides is 3. The molecule has 0 unspecified atom stereocenters. The van der Waals surface area contributed by atoms with Crippen molar-refractivity contribution in [2.24, 2.45) is 7.05 Å². The molecule has 9 nitrogen and oxygen atoms in total. The maximum Gasteiger partial charge on any atom is 0.417 e. The number of amides is 2. The summed E-state index contributed by atoms with van der Waals surface area (Å²) in [6.07, 6.45) is -2.17. The van der Waals surface area contributed by atoms with Crippen molar-refractivity contribution in [2.45, 2.75) is 51.7 Å². The Morgan fingerprint density at radius 2 is 1.76 bits per heavy atom. The minimum atomic E-state index is -4.73. The first kappa shape index (κ1) is 30.5. The van der Waals surface area contributed by atoms with E-state index in [1.54, 1.807) is 42.6 Å². The highest BCUT2D eigenvalue weighted by atomic mass is 32.1. The molecule has 220 valence electrons. The zero-order valence-electron chi connectivity index (χ0n) is 23.7. The molecular weight excluding hydrogens is 555 g/mol. The average molecular weight is 590 g/mol. The lowest BCUT2D eigenvalue weighted by Gasteiger charge is -2.34. The number of hydrogen-bond acceptors (Lipinski definition) is 6. The number of carbonyl (C=O) groups is 2. The summed E-state index contributed by atoms with van der Waals surface area (Å²) in [5, 5.41) is 13.5. The minimum Gasteiger partial charge on any atom is -0.335 e. The van der Waals surface area contributed by atoms with Crippen molar-refractivity contribution >= 4 is 34.8 Å². The summed E-state index contributed by atoms with van der Waals surface area (Å²) in [5.74, 6) is -0.412. The Kier molecular flexibility index (Phi) is 8.75. The van der Waals surface area contributed by atoms with Crippen LogP contribution in [0.15, 0.2) is 24.3 Å². The maximum absolute atomic E-state index is 13.5. The van der Waals surface area contributed by atoms with E-state index in [9.17, 15) is 22.8 Å². The smallest absolute Gasteiger partial charge is 0.335 e. The van der Waals surface area contributed by atoms with Crippen LogP contribution in [-0.4, -0.2) is 86.2 Å². The number of piperazine rings is 1. The zero-order valence-corrected chi connectivity index (χ0v) is 24.5. The lowest BCUT2D eigenvalue weighted by atomic mass is 10.0. The van der Waals surface area contributed by atoms with Gasteiger partial charge < -0.3 is 9.80 Å². The summed E-state index contributed by atoms with van der Waals surface area (Å²) in [7, 11) is 1.77. The number of anilines is 1. The number of unbranched alkanes of at least 4 members (excludes halogenated alkanes) is 2. The van der Waals surface area contributed by atoms with Gasteiger partial charge in [-0.2, -0.15) is 23.5 Å². The van der Waals surface area contributed by atoms with Gasteiger partial charge in [0.25, 0.3) is 11.8 Å². The highest BCUT2D eigenvalue weighted by molar-refractivity contribution is 7.80. The van der Waals surface area contributed by atoms with E-state index in [1.165, 1.54) is 6.07 Å². The van der Waals surface area contributed by atoms with Gasteiger partial charge in [0, 0.05) is 39.8 Å². The van der Waals surface area contributed by atoms with Crippen molar-refractivity contribution in [3.63, 3.8) is 0 Å². The number of nitriles is 1. The fourth-order valence-corrected chi connectivity index (χ4v) is 5.88. The molecule has 0 radical (unpaired) electrons. The van der Waals surface area contributed by atoms with E-state index in [0.717, 1.165) is 61.6 Å². The largest absolute Gasteiger partial charge is 0.417 e. The van der Waals surface area contributed by atoms with Crippen LogP contribution in [0.3, 0.4) is 0 Å². The van der Waals surface area contributed by atoms with Crippen LogP contribution in [0.1, 0.15) is 60.4 Å². The third kappa shape index (κ3) is 6.23. The first-order valence-corrected chi connectivity index (χ1v) is 14.0. The molecule has 2 aliphatic heterocycles. The number of hydrogen-bond donors (Lipinski definition) is 0. The lowest BCUT2D eigenvalue weighted by molar-refractivity contribution is -0.137. The second-order valence-electron chi connectivity index (χ2n) is 11.0. The van der Waals surface area contributed by atoms with E-state index in [2.05, 4.69) is 10.00 Å². The van der Waals surface area contributed by atoms with Crippen molar-refractivity contribution in [1.29, 1.82) is 5.26 Å². The Bertz CT molecular complexity index is 1370. The molecule has 0 atom stereocenters. The van der Waals surface area contributed by atoms with Gasteiger partial charge in [-0.15, -0.1) is 0 Å². The van der Waals surface area contributed by atoms with Gasteiger partial charge in [0.2, 0.25) is 0 Å². The van der Waals surface area contributed by atoms with Crippen LogP contribution in [0.2, 0.25) is 0 Å². The molecule has 13 heteroatoms. The van der Waals surface area contributed by atoms with Crippen LogP contribution >= 0.6 is 12.2 Å². The number of thiocarbonyl (C=S) groups is 1. The number of rotatable bonds is 8. The standard InChI is InChI=1S/C28H34F3N7O2S/c1-19-16-23(34(4)33-19)24(39)36-14-12-35(13-15-36)10-6-5-7-11-37-26(41)38(25(40)27(37,2)3)21-9-8-20(18-32)22(17-21)28(29,30)31/h8-9,16-17H,5-7,10-15H2,1-4H3. The van der Waals surface area contributed by atoms with Crippen molar-refractivity contribution < 1.29 is 22.8 Å². The van der Waals surface area contributed by atoms with E-state index in [1.807, 2.05) is 11.8 Å². The zero-order chi connectivity index (χ0) is 30.1. The first-order chi connectivity index (χ1) is 19.3. The van der Waals surface area contributed by atoms with Crippen LogP contribution in [-0.2, 0) is 18.0 Å². The fourth-order valence-electron chi connectivity index (χ4n) is 5.37. The van der Waals surface area contributed by atoms with Crippen molar-refractivity contribution in [3.05, 3.63) is 46.8 Å². The van der Waals surface area contributed by atoms with Gasteiger partial charge in [0.05, 0.1) is 28.6 Å². The molecule has 2 aliphatic rings. The van der Waals surface area contributed by atoms with Gasteiger partial charge in [-0.25, -0.2) is 0 Å². The third-order valence-electron chi connectivity index (χ3n) is 7.75. The van der Waals surface area contributed by atoms with Crippen LogP contribution in [0.4, 0.5) is 18.9 Å². The predicted octanol–water partition coefficient (Wildman–Crippen LogP) is 3.96. The SMILES string of the molecule is Cc1cc(C(=O)N2CCN(CCCCCN3C(=S)N(c4ccc(C#N)c(C(F)(F)F)c4)C(=O)C3(C)C)CC2)n(C)n1. The molecule has 2 amide bonds. The molecule has 2 saturated heterocycles. The molecule has 1 aromatic carbocycles. The Hall–Kier alpha value is -3.50. The highest BCUT2D eigenvalue weighted by Crippen LogP contribution is 2.38. The highest BCUT2D eigenvalue weighted by Gasteiger charge is 2.49.